The molecule has 1 N–H and O–H groups in total. The Labute approximate surface area is 197 Å². The summed E-state index contributed by atoms with van der Waals surface area (Å²) in [5.41, 5.74) is -1.88. The highest BCUT2D eigenvalue weighted by molar-refractivity contribution is 6.02. The van der Waals surface area contributed by atoms with Gasteiger partial charge in [0.1, 0.15) is 5.69 Å². The number of nitrogens with zero attached hydrogens (tertiary/aromatic N) is 4. The van der Waals surface area contributed by atoms with Gasteiger partial charge in [-0.1, -0.05) is 12.8 Å². The fourth-order valence-electron chi connectivity index (χ4n) is 4.36. The molecule has 1 aliphatic heterocycles. The minimum atomic E-state index is -4.83. The van der Waals surface area contributed by atoms with Crippen LogP contribution in [0.4, 0.5) is 45.1 Å². The van der Waals surface area contributed by atoms with Gasteiger partial charge in [-0.05, 0) is 31.0 Å². The molecular formula is C22H22F5N5O3. The van der Waals surface area contributed by atoms with Crippen LogP contribution >= 0.6 is 0 Å². The zero-order valence-corrected chi connectivity index (χ0v) is 18.8. The van der Waals surface area contributed by atoms with Gasteiger partial charge in [0.05, 0.1) is 36.7 Å². The zero-order chi connectivity index (χ0) is 25.5. The van der Waals surface area contributed by atoms with Crippen LogP contribution in [-0.4, -0.2) is 54.5 Å². The second-order valence-corrected chi connectivity index (χ2v) is 8.41. The summed E-state index contributed by atoms with van der Waals surface area (Å²) in [6.07, 6.45) is -0.821. The fourth-order valence-corrected chi connectivity index (χ4v) is 4.36. The molecule has 188 valence electrons. The number of halogens is 5. The Kier molecular flexibility index (Phi) is 6.28. The highest BCUT2D eigenvalue weighted by Crippen LogP contribution is 2.41. The number of esters is 1. The lowest BCUT2D eigenvalue weighted by atomic mass is 10.1. The van der Waals surface area contributed by atoms with Crippen molar-refractivity contribution in [1.82, 2.24) is 9.97 Å². The Morgan fingerprint density at radius 3 is 2.54 bits per heavy atom. The summed E-state index contributed by atoms with van der Waals surface area (Å²) in [5.74, 6) is -6.29. The van der Waals surface area contributed by atoms with Crippen LogP contribution in [-0.2, 0) is 15.7 Å². The van der Waals surface area contributed by atoms with Gasteiger partial charge in [0.15, 0.2) is 5.82 Å². The Morgan fingerprint density at radius 1 is 1.23 bits per heavy atom. The summed E-state index contributed by atoms with van der Waals surface area (Å²) in [6.45, 7) is -0.897. The van der Waals surface area contributed by atoms with E-state index in [1.165, 1.54) is 11.9 Å². The van der Waals surface area contributed by atoms with Gasteiger partial charge < -0.3 is 19.9 Å². The first-order valence-electron chi connectivity index (χ1n) is 10.8. The number of hydrogen-bond acceptors (Lipinski definition) is 7. The van der Waals surface area contributed by atoms with E-state index in [1.807, 2.05) is 0 Å². The van der Waals surface area contributed by atoms with E-state index in [1.54, 1.807) is 0 Å². The van der Waals surface area contributed by atoms with E-state index in [-0.39, 0.29) is 29.1 Å². The summed E-state index contributed by atoms with van der Waals surface area (Å²) in [5, 5.41) is 2.48. The lowest BCUT2D eigenvalue weighted by Crippen LogP contribution is -2.48. The minimum Gasteiger partial charge on any atom is -0.465 e. The number of amides is 1. The molecule has 0 radical (unpaired) electrons. The lowest BCUT2D eigenvalue weighted by Gasteiger charge is -2.31. The first-order chi connectivity index (χ1) is 16.4. The molecule has 2 aliphatic rings. The largest absolute Gasteiger partial charge is 0.465 e. The summed E-state index contributed by atoms with van der Waals surface area (Å²) in [6, 6.07) is 2.51. The van der Waals surface area contributed by atoms with Gasteiger partial charge in [-0.25, -0.2) is 9.78 Å². The van der Waals surface area contributed by atoms with Crippen molar-refractivity contribution in [3.63, 3.8) is 0 Å². The van der Waals surface area contributed by atoms with Crippen molar-refractivity contribution in [1.29, 1.82) is 0 Å². The summed E-state index contributed by atoms with van der Waals surface area (Å²) in [4.78, 5) is 34.4. The van der Waals surface area contributed by atoms with Crippen molar-refractivity contribution in [2.75, 3.05) is 35.8 Å². The highest BCUT2D eigenvalue weighted by Gasteiger charge is 2.48. The molecule has 0 bridgehead atoms. The molecule has 13 heteroatoms. The first kappa shape index (κ1) is 24.6. The fraction of sp³-hybridized carbons (Fsp3) is 0.455. The van der Waals surface area contributed by atoms with Crippen molar-refractivity contribution in [3.8, 4) is 0 Å². The molecule has 0 spiro atoms. The van der Waals surface area contributed by atoms with Crippen LogP contribution < -0.4 is 15.1 Å². The molecule has 0 atom stereocenters. The number of methoxy groups -OCH3 is 1. The van der Waals surface area contributed by atoms with E-state index >= 15 is 0 Å². The molecule has 1 aromatic heterocycles. The molecule has 0 unspecified atom stereocenters. The van der Waals surface area contributed by atoms with Gasteiger partial charge in [0, 0.05) is 13.1 Å². The quantitative estimate of drug-likeness (QED) is 0.493. The number of ether oxygens (including phenoxy) is 1. The topological polar surface area (TPSA) is 87.7 Å². The van der Waals surface area contributed by atoms with Crippen LogP contribution in [0.3, 0.4) is 0 Å². The van der Waals surface area contributed by atoms with E-state index in [9.17, 15) is 31.5 Å². The Bertz CT molecular complexity index is 1150. The Morgan fingerprint density at radius 2 is 1.91 bits per heavy atom. The maximum atomic E-state index is 14.7. The van der Waals surface area contributed by atoms with Crippen LogP contribution in [0.15, 0.2) is 24.4 Å². The number of benzene rings is 1. The predicted octanol–water partition coefficient (Wildman–Crippen LogP) is 4.39. The Balaban J connectivity index is 1.76. The van der Waals surface area contributed by atoms with Crippen molar-refractivity contribution >= 4 is 35.0 Å². The van der Waals surface area contributed by atoms with Crippen LogP contribution in [0.5, 0.6) is 0 Å². The minimum absolute atomic E-state index is 0.0294. The van der Waals surface area contributed by atoms with Crippen LogP contribution in [0, 0.1) is 0 Å². The third kappa shape index (κ3) is 4.71. The molecule has 35 heavy (non-hydrogen) atoms. The van der Waals surface area contributed by atoms with Gasteiger partial charge in [-0.15, -0.1) is 0 Å². The molecule has 2 aromatic rings. The van der Waals surface area contributed by atoms with Gasteiger partial charge in [-0.3, -0.25) is 4.79 Å². The molecule has 1 aliphatic carbocycles. The number of hydrogen-bond donors (Lipinski definition) is 1. The monoisotopic (exact) mass is 499 g/mol. The third-order valence-corrected chi connectivity index (χ3v) is 6.13. The molecule has 2 heterocycles. The number of carbonyl (C=O) groups excluding carboxylic acids is 2. The molecule has 0 saturated heterocycles. The molecule has 1 aromatic carbocycles. The average molecular weight is 499 g/mol. The standard InChI is InChI=1S/C22H22F5N5O3/c1-31-16-10-28-20(29-15-8-7-12(18(33)35-2)9-14(15)22(25,26)27)30-17(16)32(13-5-3-4-6-13)11-21(23,24)19(31)34/h7-10,13H,3-6,11H2,1-2H3,(H,28,29,30). The van der Waals surface area contributed by atoms with E-state index < -0.39 is 41.8 Å². The molecular weight excluding hydrogens is 477 g/mol. The number of aromatic nitrogens is 2. The first-order valence-corrected chi connectivity index (χ1v) is 10.8. The smallest absolute Gasteiger partial charge is 0.418 e. The zero-order valence-electron chi connectivity index (χ0n) is 18.8. The van der Waals surface area contributed by atoms with Crippen molar-refractivity contribution in [2.45, 2.75) is 43.8 Å². The number of nitrogens with one attached hydrogen (secondary N) is 1. The molecule has 1 fully saturated rings. The Hall–Kier alpha value is -3.51. The number of carbonyl (C=O) groups is 2. The summed E-state index contributed by atoms with van der Waals surface area (Å²) < 4.78 is 75.0. The third-order valence-electron chi connectivity index (χ3n) is 6.13. The molecule has 4 rings (SSSR count). The SMILES string of the molecule is COC(=O)c1ccc(Nc2ncc3c(n2)N(C2CCCC2)CC(F)(F)C(=O)N3C)c(C(F)(F)F)c1. The van der Waals surface area contributed by atoms with Crippen molar-refractivity contribution < 1.29 is 36.3 Å². The van der Waals surface area contributed by atoms with Crippen LogP contribution in [0.2, 0.25) is 0 Å². The molecule has 1 amide bonds. The average Bonchev–Trinajstić information content (AvgIpc) is 3.33. The van der Waals surface area contributed by atoms with Crippen molar-refractivity contribution in [2.24, 2.45) is 0 Å². The maximum absolute atomic E-state index is 14.7. The molecule has 1 saturated carbocycles. The number of alkyl halides is 5. The van der Waals surface area contributed by atoms with Gasteiger partial charge in [0.25, 0.3) is 5.91 Å². The number of rotatable bonds is 4. The van der Waals surface area contributed by atoms with Crippen molar-refractivity contribution in [3.05, 3.63) is 35.5 Å². The second kappa shape index (κ2) is 8.93. The number of fused-ring (bicyclic) bond motifs is 1. The normalized spacial score (nSPS) is 18.3. The summed E-state index contributed by atoms with van der Waals surface area (Å²) in [7, 11) is 2.23. The highest BCUT2D eigenvalue weighted by atomic mass is 19.4. The van der Waals surface area contributed by atoms with E-state index in [0.29, 0.717) is 18.9 Å². The van der Waals surface area contributed by atoms with E-state index in [4.69, 9.17) is 0 Å². The van der Waals surface area contributed by atoms with Crippen LogP contribution in [0.1, 0.15) is 41.6 Å². The maximum Gasteiger partial charge on any atom is 0.418 e. The predicted molar refractivity (Wildman–Crippen MR) is 116 cm³/mol. The van der Waals surface area contributed by atoms with Gasteiger partial charge >= 0.3 is 18.1 Å². The summed E-state index contributed by atoms with van der Waals surface area (Å²) >= 11 is 0. The van der Waals surface area contributed by atoms with E-state index in [0.717, 1.165) is 43.2 Å². The van der Waals surface area contributed by atoms with E-state index in [2.05, 4.69) is 20.0 Å². The second-order valence-electron chi connectivity index (χ2n) is 8.41. The lowest BCUT2D eigenvalue weighted by molar-refractivity contribution is -0.140. The van der Waals surface area contributed by atoms with Crippen LogP contribution in [0.25, 0.3) is 0 Å². The van der Waals surface area contributed by atoms with Gasteiger partial charge in [0.2, 0.25) is 5.95 Å². The number of anilines is 4. The molecule has 8 nitrogen and oxygen atoms in total. The van der Waals surface area contributed by atoms with Gasteiger partial charge in [-0.2, -0.15) is 26.9 Å².